The topological polar surface area (TPSA) is 63.3 Å². The lowest BCUT2D eigenvalue weighted by molar-refractivity contribution is 0.0652. The Labute approximate surface area is 101 Å². The number of carboxylic acids is 1. The van der Waals surface area contributed by atoms with Crippen molar-refractivity contribution in [2.75, 3.05) is 0 Å². The molecule has 0 amide bonds. The van der Waals surface area contributed by atoms with E-state index in [0.717, 1.165) is 0 Å². The third kappa shape index (κ3) is 2.14. The van der Waals surface area contributed by atoms with E-state index in [1.165, 1.54) is 18.2 Å². The number of halogens is 2. The molecule has 1 aromatic carbocycles. The highest BCUT2D eigenvalue weighted by Gasteiger charge is 2.14. The van der Waals surface area contributed by atoms with Gasteiger partial charge in [-0.25, -0.2) is 9.18 Å². The third-order valence-electron chi connectivity index (χ3n) is 2.30. The number of nitrogens with zero attached hydrogens (tertiary/aromatic N) is 1. The summed E-state index contributed by atoms with van der Waals surface area (Å²) in [7, 11) is 0. The fourth-order valence-corrected chi connectivity index (χ4v) is 1.51. The molecule has 17 heavy (non-hydrogen) atoms. The van der Waals surface area contributed by atoms with Crippen molar-refractivity contribution in [3.05, 3.63) is 40.4 Å². The number of benzene rings is 1. The second-order valence-electron chi connectivity index (χ2n) is 3.45. The smallest absolute Gasteiger partial charge is 0.374 e. The second-order valence-corrected chi connectivity index (χ2v) is 3.85. The number of rotatable bonds is 2. The molecule has 6 heteroatoms. The van der Waals surface area contributed by atoms with Gasteiger partial charge >= 0.3 is 5.97 Å². The first-order valence-electron chi connectivity index (χ1n) is 4.65. The first-order chi connectivity index (χ1) is 7.99. The molecule has 0 aliphatic rings. The van der Waals surface area contributed by atoms with Crippen molar-refractivity contribution in [1.29, 1.82) is 0 Å². The van der Waals surface area contributed by atoms with E-state index in [0.29, 0.717) is 11.1 Å². The number of carbonyl (C=O) groups is 1. The van der Waals surface area contributed by atoms with Gasteiger partial charge in [-0.3, -0.25) is 0 Å². The summed E-state index contributed by atoms with van der Waals surface area (Å²) >= 11 is 5.82. The Morgan fingerprint density at radius 2 is 2.18 bits per heavy atom. The van der Waals surface area contributed by atoms with Gasteiger partial charge in [0.1, 0.15) is 11.5 Å². The SMILES string of the molecule is Cc1c(F)cc(-c2cc(C(=O)O)on2)cc1Cl. The standard InChI is InChI=1S/C11H7ClFNO3/c1-5-7(12)2-6(3-8(5)13)9-4-10(11(15)16)17-14-9/h2-4H,1H3,(H,15,16). The molecule has 2 rings (SSSR count). The maximum absolute atomic E-state index is 13.4. The molecule has 2 aromatic rings. The minimum Gasteiger partial charge on any atom is -0.475 e. The summed E-state index contributed by atoms with van der Waals surface area (Å²) in [5.41, 5.74) is 0.926. The van der Waals surface area contributed by atoms with Crippen LogP contribution in [-0.2, 0) is 0 Å². The van der Waals surface area contributed by atoms with Crippen molar-refractivity contribution in [2.24, 2.45) is 0 Å². The molecule has 1 N–H and O–H groups in total. The molecule has 88 valence electrons. The molecular weight excluding hydrogens is 249 g/mol. The highest BCUT2D eigenvalue weighted by molar-refractivity contribution is 6.31. The summed E-state index contributed by atoms with van der Waals surface area (Å²) in [5, 5.41) is 12.5. The summed E-state index contributed by atoms with van der Waals surface area (Å²) in [6, 6.07) is 3.94. The Hall–Kier alpha value is -1.88. The minimum absolute atomic E-state index is 0.225. The van der Waals surface area contributed by atoms with Gasteiger partial charge in [0.15, 0.2) is 0 Å². The molecule has 0 saturated carbocycles. The van der Waals surface area contributed by atoms with Gasteiger partial charge in [0.2, 0.25) is 5.76 Å². The molecule has 0 bridgehead atoms. The van der Waals surface area contributed by atoms with Gasteiger partial charge in [-0.2, -0.15) is 0 Å². The fourth-order valence-electron chi connectivity index (χ4n) is 1.31. The largest absolute Gasteiger partial charge is 0.475 e. The van der Waals surface area contributed by atoms with Crippen LogP contribution in [0.15, 0.2) is 22.7 Å². The van der Waals surface area contributed by atoms with Gasteiger partial charge in [-0.15, -0.1) is 0 Å². The highest BCUT2D eigenvalue weighted by atomic mass is 35.5. The van der Waals surface area contributed by atoms with Gasteiger partial charge in [-0.1, -0.05) is 16.8 Å². The lowest BCUT2D eigenvalue weighted by atomic mass is 10.1. The Morgan fingerprint density at radius 3 is 2.71 bits per heavy atom. The van der Waals surface area contributed by atoms with Crippen LogP contribution in [0.4, 0.5) is 4.39 Å². The van der Waals surface area contributed by atoms with Crippen molar-refractivity contribution >= 4 is 17.6 Å². The predicted molar refractivity (Wildman–Crippen MR) is 58.6 cm³/mol. The highest BCUT2D eigenvalue weighted by Crippen LogP contribution is 2.27. The van der Waals surface area contributed by atoms with Crippen LogP contribution in [-0.4, -0.2) is 16.2 Å². The average molecular weight is 256 g/mol. The van der Waals surface area contributed by atoms with Gasteiger partial charge in [0, 0.05) is 22.2 Å². The lowest BCUT2D eigenvalue weighted by Crippen LogP contribution is -1.91. The van der Waals surface area contributed by atoms with Crippen LogP contribution < -0.4 is 0 Å². The summed E-state index contributed by atoms with van der Waals surface area (Å²) in [4.78, 5) is 10.6. The van der Waals surface area contributed by atoms with Crippen LogP contribution in [0.2, 0.25) is 5.02 Å². The van der Waals surface area contributed by atoms with Crippen molar-refractivity contribution < 1.29 is 18.8 Å². The molecule has 4 nitrogen and oxygen atoms in total. The van der Waals surface area contributed by atoms with Crippen LogP contribution in [0.3, 0.4) is 0 Å². The number of hydrogen-bond donors (Lipinski definition) is 1. The Balaban J connectivity index is 2.49. The summed E-state index contributed by atoms with van der Waals surface area (Å²) < 4.78 is 18.0. The van der Waals surface area contributed by atoms with Crippen molar-refractivity contribution in [1.82, 2.24) is 5.16 Å². The van der Waals surface area contributed by atoms with Crippen molar-refractivity contribution in [2.45, 2.75) is 6.92 Å². The molecular formula is C11H7ClFNO3. The Morgan fingerprint density at radius 1 is 1.47 bits per heavy atom. The van der Waals surface area contributed by atoms with E-state index in [9.17, 15) is 9.18 Å². The van der Waals surface area contributed by atoms with E-state index < -0.39 is 11.8 Å². The first kappa shape index (κ1) is 11.6. The summed E-state index contributed by atoms with van der Waals surface area (Å²) in [6.07, 6.45) is 0. The first-order valence-corrected chi connectivity index (χ1v) is 5.03. The molecule has 0 aliphatic carbocycles. The second kappa shape index (κ2) is 4.18. The van der Waals surface area contributed by atoms with Crippen LogP contribution >= 0.6 is 11.6 Å². The fraction of sp³-hybridized carbons (Fsp3) is 0.0909. The monoisotopic (exact) mass is 255 g/mol. The van der Waals surface area contributed by atoms with Crippen molar-refractivity contribution in [3.8, 4) is 11.3 Å². The van der Waals surface area contributed by atoms with Gasteiger partial charge in [0.25, 0.3) is 0 Å². The zero-order chi connectivity index (χ0) is 12.6. The molecule has 0 unspecified atom stereocenters. The van der Waals surface area contributed by atoms with E-state index in [1.807, 2.05) is 0 Å². The van der Waals surface area contributed by atoms with Crippen LogP contribution in [0.5, 0.6) is 0 Å². The van der Waals surface area contributed by atoms with Crippen LogP contribution in [0, 0.1) is 12.7 Å². The van der Waals surface area contributed by atoms with Crippen molar-refractivity contribution in [3.63, 3.8) is 0 Å². The van der Waals surface area contributed by atoms with Crippen LogP contribution in [0.25, 0.3) is 11.3 Å². The molecule has 0 fully saturated rings. The van der Waals surface area contributed by atoms with Gasteiger partial charge in [0.05, 0.1) is 0 Å². The molecule has 0 aliphatic heterocycles. The van der Waals surface area contributed by atoms with E-state index in [-0.39, 0.29) is 16.5 Å². The minimum atomic E-state index is -1.23. The molecule has 0 saturated heterocycles. The van der Waals surface area contributed by atoms with E-state index in [1.54, 1.807) is 6.92 Å². The third-order valence-corrected chi connectivity index (χ3v) is 2.69. The normalized spacial score (nSPS) is 10.5. The molecule has 0 spiro atoms. The summed E-state index contributed by atoms with van der Waals surface area (Å²) in [5.74, 6) is -2.02. The number of carboxylic acid groups (broad SMARTS) is 1. The maximum atomic E-state index is 13.4. The maximum Gasteiger partial charge on any atom is 0.374 e. The molecule has 1 heterocycles. The quantitative estimate of drug-likeness (QED) is 0.895. The van der Waals surface area contributed by atoms with E-state index in [4.69, 9.17) is 16.7 Å². The van der Waals surface area contributed by atoms with Gasteiger partial charge < -0.3 is 9.63 Å². The average Bonchev–Trinajstić information content (AvgIpc) is 2.74. The van der Waals surface area contributed by atoms with E-state index >= 15 is 0 Å². The molecule has 0 atom stereocenters. The van der Waals surface area contributed by atoms with Gasteiger partial charge in [-0.05, 0) is 19.1 Å². The van der Waals surface area contributed by atoms with Crippen LogP contribution in [0.1, 0.15) is 16.1 Å². The Bertz CT molecular complexity index is 571. The predicted octanol–water partition coefficient (Wildman–Crippen LogP) is 3.14. The molecule has 0 radical (unpaired) electrons. The van der Waals surface area contributed by atoms with E-state index in [2.05, 4.69) is 9.68 Å². The number of hydrogen-bond acceptors (Lipinski definition) is 3. The zero-order valence-corrected chi connectivity index (χ0v) is 9.45. The summed E-state index contributed by atoms with van der Waals surface area (Å²) in [6.45, 7) is 1.55. The zero-order valence-electron chi connectivity index (χ0n) is 8.70. The molecule has 1 aromatic heterocycles. The number of aromatic carboxylic acids is 1. The Kier molecular flexibility index (Phi) is 2.85. The number of aromatic nitrogens is 1. The lowest BCUT2D eigenvalue weighted by Gasteiger charge is -2.02.